The molecule has 0 aromatic heterocycles. The van der Waals surface area contributed by atoms with Gasteiger partial charge in [-0.25, -0.2) is 4.79 Å². The summed E-state index contributed by atoms with van der Waals surface area (Å²) in [4.78, 5) is 54.2. The van der Waals surface area contributed by atoms with E-state index >= 15 is 0 Å². The number of hydrogen-bond donors (Lipinski definition) is 5. The fourth-order valence-corrected chi connectivity index (χ4v) is 6.34. The van der Waals surface area contributed by atoms with Crippen molar-refractivity contribution < 1.29 is 44.3 Å². The van der Waals surface area contributed by atoms with Crippen LogP contribution in [0.2, 0.25) is 0 Å². The van der Waals surface area contributed by atoms with E-state index in [1.807, 2.05) is 0 Å². The van der Waals surface area contributed by atoms with Gasteiger partial charge < -0.3 is 30.9 Å². The number of aromatic hydroxyl groups is 1. The van der Waals surface area contributed by atoms with Gasteiger partial charge in [0.2, 0.25) is 5.78 Å². The summed E-state index contributed by atoms with van der Waals surface area (Å²) in [6.07, 6.45) is -1.45. The maximum atomic E-state index is 14.1. The molecule has 3 aliphatic carbocycles. The second-order valence-electron chi connectivity index (χ2n) is 10.5. The maximum absolute atomic E-state index is 14.1. The van der Waals surface area contributed by atoms with Crippen LogP contribution in [-0.2, 0) is 19.1 Å². The van der Waals surface area contributed by atoms with Crippen LogP contribution in [0.4, 0.5) is 0 Å². The Morgan fingerprint density at radius 3 is 2.30 bits per heavy atom. The van der Waals surface area contributed by atoms with Crippen molar-refractivity contribution in [1.29, 1.82) is 0 Å². The molecule has 11 heteroatoms. The van der Waals surface area contributed by atoms with E-state index < -0.39 is 81.4 Å². The monoisotopic (exact) mass is 548 g/mol. The first-order valence-corrected chi connectivity index (χ1v) is 12.6. The molecule has 1 fully saturated rings. The number of Topliss-reactive ketones (excluding diaryl/α,β-unsaturated/α-hetero) is 2. The predicted molar refractivity (Wildman–Crippen MR) is 140 cm³/mol. The first-order chi connectivity index (χ1) is 18.8. The molecular formula is C29H28N2O9. The van der Waals surface area contributed by atoms with Crippen LogP contribution in [0, 0.1) is 18.8 Å². The molecular weight excluding hydrogens is 520 g/mol. The highest BCUT2D eigenvalue weighted by Crippen LogP contribution is 2.57. The van der Waals surface area contributed by atoms with E-state index in [4.69, 9.17) is 10.5 Å². The van der Waals surface area contributed by atoms with Crippen LogP contribution in [0.3, 0.4) is 0 Å². The van der Waals surface area contributed by atoms with Crippen molar-refractivity contribution in [1.82, 2.24) is 4.90 Å². The van der Waals surface area contributed by atoms with Gasteiger partial charge in [-0.2, -0.15) is 0 Å². The summed E-state index contributed by atoms with van der Waals surface area (Å²) in [6.45, 7) is 1.68. The lowest BCUT2D eigenvalue weighted by atomic mass is 9.56. The van der Waals surface area contributed by atoms with E-state index in [1.165, 1.54) is 37.2 Å². The number of benzene rings is 2. The van der Waals surface area contributed by atoms with Crippen molar-refractivity contribution in [2.24, 2.45) is 17.6 Å². The number of primary amides is 1. The Hall–Kier alpha value is -4.48. The van der Waals surface area contributed by atoms with Gasteiger partial charge in [-0.05, 0) is 51.2 Å². The van der Waals surface area contributed by atoms with Crippen molar-refractivity contribution in [2.45, 2.75) is 31.1 Å². The molecule has 0 aliphatic heterocycles. The van der Waals surface area contributed by atoms with Gasteiger partial charge >= 0.3 is 5.97 Å². The van der Waals surface area contributed by atoms with Crippen LogP contribution in [0.5, 0.6) is 5.75 Å². The summed E-state index contributed by atoms with van der Waals surface area (Å²) in [5.41, 5.74) is 2.07. The molecule has 208 valence electrons. The lowest BCUT2D eigenvalue weighted by Gasteiger charge is -2.51. The number of nitrogens with zero attached hydrogens (tertiary/aromatic N) is 1. The predicted octanol–water partition coefficient (Wildman–Crippen LogP) is 1.63. The molecule has 1 saturated carbocycles. The molecule has 40 heavy (non-hydrogen) atoms. The Balaban J connectivity index is 1.76. The number of ketones is 2. The van der Waals surface area contributed by atoms with E-state index in [2.05, 4.69) is 0 Å². The fourth-order valence-electron chi connectivity index (χ4n) is 6.34. The first-order valence-electron chi connectivity index (χ1n) is 12.6. The minimum Gasteiger partial charge on any atom is -0.508 e. The van der Waals surface area contributed by atoms with Crippen LogP contribution in [0.25, 0.3) is 5.76 Å². The highest BCUT2D eigenvalue weighted by atomic mass is 16.5. The number of ether oxygens (including phenoxy) is 1. The topological polar surface area (TPSA) is 188 Å². The van der Waals surface area contributed by atoms with E-state index in [0.717, 1.165) is 0 Å². The zero-order valence-corrected chi connectivity index (χ0v) is 21.9. The molecule has 0 radical (unpaired) electrons. The number of amides is 1. The molecule has 5 atom stereocenters. The third-order valence-corrected chi connectivity index (χ3v) is 8.13. The number of aryl methyl sites for hydroxylation is 1. The molecule has 5 rings (SSSR count). The molecule has 1 amide bonds. The smallest absolute Gasteiger partial charge is 0.338 e. The molecule has 0 saturated heterocycles. The van der Waals surface area contributed by atoms with Crippen LogP contribution >= 0.6 is 0 Å². The minimum absolute atomic E-state index is 0.165. The van der Waals surface area contributed by atoms with Crippen LogP contribution < -0.4 is 5.73 Å². The number of carbonyl (C=O) groups is 4. The third kappa shape index (κ3) is 3.65. The Kier molecular flexibility index (Phi) is 6.31. The van der Waals surface area contributed by atoms with Gasteiger partial charge in [-0.1, -0.05) is 24.3 Å². The van der Waals surface area contributed by atoms with Gasteiger partial charge in [0.25, 0.3) is 5.91 Å². The largest absolute Gasteiger partial charge is 0.508 e. The van der Waals surface area contributed by atoms with Gasteiger partial charge in [-0.15, -0.1) is 0 Å². The molecule has 0 bridgehead atoms. The number of likely N-dealkylation sites (N-methyl/N-ethyl adjacent to an activating group) is 1. The number of aliphatic hydroxyl groups excluding tert-OH is 2. The standard InChI is InChI=1S/C29H28N2O9/c1-12-9-10-16(32)19-17(12)24(40-28(38)13-7-5-4-6-8-13)14-11-15-21(31(2)3)23(34)20(27(30)37)26(36)29(15,39)25(35)18(14)22(19)33/h4-10,14-15,21,24,32-33,36,39H,11H2,1-3H3,(H2,30,37)/t14-,15-,21?,24+,29-/m0/s1. The summed E-state index contributed by atoms with van der Waals surface area (Å²) in [5.74, 6) is -8.82. The highest BCUT2D eigenvalue weighted by molar-refractivity contribution is 6.24. The van der Waals surface area contributed by atoms with Gasteiger partial charge in [-0.3, -0.25) is 19.3 Å². The van der Waals surface area contributed by atoms with Crippen molar-refractivity contribution in [3.63, 3.8) is 0 Å². The molecule has 2 aromatic carbocycles. The van der Waals surface area contributed by atoms with E-state index in [-0.39, 0.29) is 23.1 Å². The number of rotatable bonds is 4. The number of nitrogens with two attached hydrogens (primary N) is 1. The number of aliphatic hydroxyl groups is 3. The SMILES string of the molecule is Cc1ccc(O)c2c1[C@H](OC(=O)c1ccccc1)[C@H]1C[C@H]3C(N(C)C)C(=O)C(C(N)=O)=C(O)[C@@]3(O)C(=O)C1=C2O. The number of phenols is 1. The van der Waals surface area contributed by atoms with Crippen molar-refractivity contribution in [2.75, 3.05) is 14.1 Å². The van der Waals surface area contributed by atoms with Crippen LogP contribution in [0.15, 0.2) is 59.4 Å². The van der Waals surface area contributed by atoms with Gasteiger partial charge in [0, 0.05) is 23.0 Å². The maximum Gasteiger partial charge on any atom is 0.338 e. The quantitative estimate of drug-likeness (QED) is 0.277. The molecule has 0 spiro atoms. The number of phenolic OH excluding ortho intramolecular Hbond substituents is 1. The average Bonchev–Trinajstić information content (AvgIpc) is 2.90. The second kappa shape index (κ2) is 9.32. The zero-order valence-electron chi connectivity index (χ0n) is 21.9. The van der Waals surface area contributed by atoms with E-state index in [1.54, 1.807) is 31.2 Å². The summed E-state index contributed by atoms with van der Waals surface area (Å²) < 4.78 is 5.95. The lowest BCUT2D eigenvalue weighted by Crippen LogP contribution is -2.66. The van der Waals surface area contributed by atoms with Gasteiger partial charge in [0.1, 0.15) is 28.9 Å². The minimum atomic E-state index is -2.81. The summed E-state index contributed by atoms with van der Waals surface area (Å²) in [7, 11) is 3.01. The fraction of sp³-hybridized carbons (Fsp3) is 0.310. The molecule has 2 aromatic rings. The third-order valence-electron chi connectivity index (χ3n) is 8.13. The molecule has 6 N–H and O–H groups in total. The Labute approximate surface area is 228 Å². The normalized spacial score (nSPS) is 27.7. The van der Waals surface area contributed by atoms with E-state index in [9.17, 15) is 39.6 Å². The highest BCUT2D eigenvalue weighted by Gasteiger charge is 2.65. The van der Waals surface area contributed by atoms with Crippen molar-refractivity contribution >= 4 is 29.2 Å². The summed E-state index contributed by atoms with van der Waals surface area (Å²) in [6, 6.07) is 9.68. The molecule has 11 nitrogen and oxygen atoms in total. The lowest BCUT2D eigenvalue weighted by molar-refractivity contribution is -0.156. The van der Waals surface area contributed by atoms with Crippen LogP contribution in [0.1, 0.15) is 39.6 Å². The summed E-state index contributed by atoms with van der Waals surface area (Å²) in [5, 5.41) is 44.9. The number of hydrogen-bond acceptors (Lipinski definition) is 10. The zero-order chi connectivity index (χ0) is 29.3. The van der Waals surface area contributed by atoms with E-state index in [0.29, 0.717) is 5.56 Å². The van der Waals surface area contributed by atoms with Crippen molar-refractivity contribution in [3.05, 3.63) is 81.6 Å². The first kappa shape index (κ1) is 27.1. The Morgan fingerprint density at radius 1 is 1.05 bits per heavy atom. The Bertz CT molecular complexity index is 1540. The van der Waals surface area contributed by atoms with Gasteiger partial charge in [0.15, 0.2) is 11.4 Å². The average molecular weight is 549 g/mol. The number of esters is 1. The molecule has 0 heterocycles. The van der Waals surface area contributed by atoms with Gasteiger partial charge in [0.05, 0.1) is 17.2 Å². The van der Waals surface area contributed by atoms with Crippen molar-refractivity contribution in [3.8, 4) is 5.75 Å². The molecule has 1 unspecified atom stereocenters. The van der Waals surface area contributed by atoms with Crippen LogP contribution in [-0.4, -0.2) is 74.5 Å². The summed E-state index contributed by atoms with van der Waals surface area (Å²) >= 11 is 0. The molecule has 3 aliphatic rings. The number of carbonyl (C=O) groups excluding carboxylic acids is 4. The number of fused-ring (bicyclic) bond motifs is 3. The Morgan fingerprint density at radius 2 is 1.70 bits per heavy atom. The second-order valence-corrected chi connectivity index (χ2v) is 10.5.